The highest BCUT2D eigenvalue weighted by Gasteiger charge is 2.44. The van der Waals surface area contributed by atoms with Crippen LogP contribution < -0.4 is 0 Å². The molecular weight excluding hydrogens is 284 g/mol. The summed E-state index contributed by atoms with van der Waals surface area (Å²) < 4.78 is 6.17. The zero-order valence-electron chi connectivity index (χ0n) is 17.1. The van der Waals surface area contributed by atoms with E-state index in [0.29, 0.717) is 11.8 Å². The van der Waals surface area contributed by atoms with Gasteiger partial charge in [0.25, 0.3) is 0 Å². The van der Waals surface area contributed by atoms with Crippen LogP contribution in [0.3, 0.4) is 0 Å². The second-order valence-corrected chi connectivity index (χ2v) is 7.82. The molecule has 0 aliphatic heterocycles. The molecule has 1 saturated carbocycles. The lowest BCUT2D eigenvalue weighted by Crippen LogP contribution is -2.42. The molecule has 0 amide bonds. The lowest BCUT2D eigenvalue weighted by atomic mass is 9.72. The predicted octanol–water partition coefficient (Wildman–Crippen LogP) is 6.77. The van der Waals surface area contributed by atoms with Gasteiger partial charge in [0.15, 0.2) is 0 Å². The Morgan fingerprint density at radius 1 is 1.13 bits per heavy atom. The molecule has 0 heterocycles. The van der Waals surface area contributed by atoms with Crippen molar-refractivity contribution in [2.75, 3.05) is 0 Å². The fourth-order valence-corrected chi connectivity index (χ4v) is 3.61. The van der Waals surface area contributed by atoms with Gasteiger partial charge < -0.3 is 4.74 Å². The van der Waals surface area contributed by atoms with Gasteiger partial charge in [0.2, 0.25) is 0 Å². The number of hydrogen-bond acceptors (Lipinski definition) is 2. The summed E-state index contributed by atoms with van der Waals surface area (Å²) in [5.74, 6) is 0.933. The largest absolute Gasteiger partial charge is 0.459 e. The summed E-state index contributed by atoms with van der Waals surface area (Å²) in [5, 5.41) is 0. The summed E-state index contributed by atoms with van der Waals surface area (Å²) >= 11 is 0. The Morgan fingerprint density at radius 3 is 2.04 bits per heavy atom. The molecule has 2 atom stereocenters. The van der Waals surface area contributed by atoms with Crippen LogP contribution in [0.15, 0.2) is 0 Å². The van der Waals surface area contributed by atoms with E-state index in [9.17, 15) is 4.79 Å². The van der Waals surface area contributed by atoms with E-state index >= 15 is 0 Å². The van der Waals surface area contributed by atoms with E-state index in [4.69, 9.17) is 4.74 Å². The Kier molecular flexibility index (Phi) is 10.1. The summed E-state index contributed by atoms with van der Waals surface area (Å²) in [6.45, 7) is 17.1. The fraction of sp³-hybridized carbons (Fsp3) is 0.952. The molecular formula is C21H42O2. The van der Waals surface area contributed by atoms with Gasteiger partial charge in [-0.05, 0) is 57.3 Å². The fourth-order valence-electron chi connectivity index (χ4n) is 3.61. The van der Waals surface area contributed by atoms with Crippen molar-refractivity contribution in [3.8, 4) is 0 Å². The van der Waals surface area contributed by atoms with Gasteiger partial charge in [-0.25, -0.2) is 0 Å². The molecule has 0 aromatic rings. The Balaban J connectivity index is 0.00000232. The molecule has 0 aromatic carbocycles. The number of esters is 1. The van der Waals surface area contributed by atoms with E-state index in [1.807, 2.05) is 13.8 Å². The third-order valence-corrected chi connectivity index (χ3v) is 5.74. The van der Waals surface area contributed by atoms with E-state index in [-0.39, 0.29) is 17.0 Å². The summed E-state index contributed by atoms with van der Waals surface area (Å²) in [6, 6.07) is 0. The maximum atomic E-state index is 13.0. The van der Waals surface area contributed by atoms with Crippen LogP contribution in [-0.4, -0.2) is 11.6 Å². The molecule has 23 heavy (non-hydrogen) atoms. The van der Waals surface area contributed by atoms with Gasteiger partial charge in [-0.2, -0.15) is 0 Å². The summed E-state index contributed by atoms with van der Waals surface area (Å²) in [4.78, 5) is 13.0. The zero-order valence-corrected chi connectivity index (χ0v) is 17.1. The molecule has 1 aliphatic carbocycles. The maximum Gasteiger partial charge on any atom is 0.312 e. The average Bonchev–Trinajstić information content (AvgIpc) is 2.97. The number of rotatable bonds is 8. The SMILES string of the molecule is CC.CCCC1(OC(=O)C(C)(CC(C)CC)C(C)C)CCCC1. The number of hydrogen-bond donors (Lipinski definition) is 0. The minimum Gasteiger partial charge on any atom is -0.459 e. The summed E-state index contributed by atoms with van der Waals surface area (Å²) in [5.41, 5.74) is -0.504. The average molecular weight is 327 g/mol. The second-order valence-electron chi connectivity index (χ2n) is 7.82. The van der Waals surface area contributed by atoms with Gasteiger partial charge in [0, 0.05) is 0 Å². The molecule has 138 valence electrons. The number of ether oxygens (including phenoxy) is 1. The normalized spacial score (nSPS) is 20.4. The van der Waals surface area contributed by atoms with Gasteiger partial charge in [-0.1, -0.05) is 61.3 Å². The minimum atomic E-state index is -0.348. The van der Waals surface area contributed by atoms with Crippen LogP contribution in [0.5, 0.6) is 0 Å². The number of carbonyl (C=O) groups excluding carboxylic acids is 1. The van der Waals surface area contributed by atoms with Crippen molar-refractivity contribution >= 4 is 5.97 Å². The van der Waals surface area contributed by atoms with Crippen molar-refractivity contribution in [1.29, 1.82) is 0 Å². The molecule has 1 rings (SSSR count). The second kappa shape index (κ2) is 10.4. The van der Waals surface area contributed by atoms with Crippen LogP contribution >= 0.6 is 0 Å². The van der Waals surface area contributed by atoms with E-state index in [1.165, 1.54) is 12.8 Å². The zero-order chi connectivity index (χ0) is 18.1. The molecule has 1 aliphatic rings. The summed E-state index contributed by atoms with van der Waals surface area (Å²) in [7, 11) is 0. The van der Waals surface area contributed by atoms with Crippen molar-refractivity contribution in [2.45, 2.75) is 112 Å². The summed E-state index contributed by atoms with van der Waals surface area (Å²) in [6.07, 6.45) is 8.70. The number of carbonyl (C=O) groups is 1. The van der Waals surface area contributed by atoms with E-state index in [0.717, 1.165) is 38.5 Å². The molecule has 0 radical (unpaired) electrons. The Hall–Kier alpha value is -0.530. The standard InChI is InChI=1S/C19H36O2.C2H6/c1-7-11-19(12-9-10-13-19)21-17(20)18(6,15(3)4)14-16(5)8-2;1-2/h15-16H,7-14H2,1-6H3;1-2H3. The van der Waals surface area contributed by atoms with Gasteiger partial charge in [-0.3, -0.25) is 4.79 Å². The quantitative estimate of drug-likeness (QED) is 0.460. The van der Waals surface area contributed by atoms with Crippen LogP contribution in [0.1, 0.15) is 107 Å². The van der Waals surface area contributed by atoms with Crippen LogP contribution in [0.2, 0.25) is 0 Å². The first-order valence-electron chi connectivity index (χ1n) is 10.0. The molecule has 0 aromatic heterocycles. The monoisotopic (exact) mass is 326 g/mol. The molecule has 0 spiro atoms. The van der Waals surface area contributed by atoms with Crippen LogP contribution in [0.25, 0.3) is 0 Å². The first kappa shape index (κ1) is 22.5. The molecule has 0 N–H and O–H groups in total. The van der Waals surface area contributed by atoms with E-state index in [2.05, 4.69) is 41.5 Å². The predicted molar refractivity (Wildman–Crippen MR) is 101 cm³/mol. The van der Waals surface area contributed by atoms with Gasteiger partial charge in [0.05, 0.1) is 5.41 Å². The Morgan fingerprint density at radius 2 is 1.65 bits per heavy atom. The van der Waals surface area contributed by atoms with Crippen LogP contribution in [0.4, 0.5) is 0 Å². The highest BCUT2D eigenvalue weighted by molar-refractivity contribution is 5.77. The molecule has 0 saturated heterocycles. The van der Waals surface area contributed by atoms with Crippen molar-refractivity contribution < 1.29 is 9.53 Å². The topological polar surface area (TPSA) is 26.3 Å². The molecule has 2 nitrogen and oxygen atoms in total. The highest BCUT2D eigenvalue weighted by Crippen LogP contribution is 2.42. The first-order chi connectivity index (χ1) is 10.8. The minimum absolute atomic E-state index is 0.0492. The molecule has 1 fully saturated rings. The van der Waals surface area contributed by atoms with E-state index < -0.39 is 0 Å². The lowest BCUT2D eigenvalue weighted by molar-refractivity contribution is -0.176. The van der Waals surface area contributed by atoms with Crippen LogP contribution in [-0.2, 0) is 9.53 Å². The van der Waals surface area contributed by atoms with E-state index in [1.54, 1.807) is 0 Å². The van der Waals surface area contributed by atoms with Gasteiger partial charge in [-0.15, -0.1) is 0 Å². The van der Waals surface area contributed by atoms with Gasteiger partial charge >= 0.3 is 5.97 Å². The first-order valence-corrected chi connectivity index (χ1v) is 10.0. The molecule has 2 unspecified atom stereocenters. The van der Waals surface area contributed by atoms with Crippen molar-refractivity contribution in [3.05, 3.63) is 0 Å². The van der Waals surface area contributed by atoms with Crippen molar-refractivity contribution in [2.24, 2.45) is 17.3 Å². The maximum absolute atomic E-state index is 13.0. The van der Waals surface area contributed by atoms with Crippen LogP contribution in [0, 0.1) is 17.3 Å². The van der Waals surface area contributed by atoms with Crippen molar-refractivity contribution in [3.63, 3.8) is 0 Å². The molecule has 0 bridgehead atoms. The highest BCUT2D eigenvalue weighted by atomic mass is 16.6. The Bertz CT molecular complexity index is 329. The molecule has 2 heteroatoms. The van der Waals surface area contributed by atoms with Gasteiger partial charge in [0.1, 0.15) is 5.60 Å². The Labute approximate surface area is 145 Å². The van der Waals surface area contributed by atoms with Crippen molar-refractivity contribution in [1.82, 2.24) is 0 Å². The third kappa shape index (κ3) is 6.12. The third-order valence-electron chi connectivity index (χ3n) is 5.74. The lowest BCUT2D eigenvalue weighted by Gasteiger charge is -2.38. The smallest absolute Gasteiger partial charge is 0.312 e.